The predicted octanol–water partition coefficient (Wildman–Crippen LogP) is 1.05. The Morgan fingerprint density at radius 2 is 2.47 bits per heavy atom. The summed E-state index contributed by atoms with van der Waals surface area (Å²) in [6, 6.07) is -0.799. The molecule has 0 aromatic heterocycles. The third-order valence-corrected chi connectivity index (χ3v) is 4.01. The van der Waals surface area contributed by atoms with Crippen molar-refractivity contribution in [3.8, 4) is 0 Å². The van der Waals surface area contributed by atoms with Gasteiger partial charge in [-0.3, -0.25) is 9.69 Å². The molecule has 0 radical (unpaired) electrons. The lowest BCUT2D eigenvalue weighted by Crippen LogP contribution is -2.44. The fourth-order valence-corrected chi connectivity index (χ4v) is 2.88. The molecule has 0 aromatic rings. The number of rotatable bonds is 5. The molecule has 1 fully saturated rings. The summed E-state index contributed by atoms with van der Waals surface area (Å²) < 4.78 is 0.383. The maximum absolute atomic E-state index is 11.4. The Morgan fingerprint density at radius 1 is 1.80 bits per heavy atom. The van der Waals surface area contributed by atoms with Crippen molar-refractivity contribution in [2.24, 2.45) is 0 Å². The monoisotopic (exact) mass is 265 g/mol. The van der Waals surface area contributed by atoms with Crippen molar-refractivity contribution in [2.45, 2.75) is 12.5 Å². The van der Waals surface area contributed by atoms with Gasteiger partial charge in [0.05, 0.1) is 5.75 Å². The van der Waals surface area contributed by atoms with Crippen LogP contribution in [-0.2, 0) is 9.59 Å². The van der Waals surface area contributed by atoms with Gasteiger partial charge in [0.2, 0.25) is 5.91 Å². The number of thioether (sulfide) groups is 2. The van der Waals surface area contributed by atoms with Crippen molar-refractivity contribution in [1.82, 2.24) is 4.90 Å². The number of carboxylic acid groups (broad SMARTS) is 1. The minimum absolute atomic E-state index is 0.196. The van der Waals surface area contributed by atoms with E-state index in [-0.39, 0.29) is 11.7 Å². The average molecular weight is 265 g/mol. The predicted molar refractivity (Wildman–Crippen MR) is 66.3 cm³/mol. The number of hydrogen-bond acceptors (Lipinski definition) is 5. The van der Waals surface area contributed by atoms with Gasteiger partial charge in [-0.15, -0.1) is 0 Å². The largest absolute Gasteiger partial charge is 0.480 e. The maximum Gasteiger partial charge on any atom is 0.326 e. The molecule has 84 valence electrons. The summed E-state index contributed by atoms with van der Waals surface area (Å²) in [7, 11) is 0. The van der Waals surface area contributed by atoms with Crippen molar-refractivity contribution in [2.75, 3.05) is 17.8 Å². The van der Waals surface area contributed by atoms with Crippen LogP contribution >= 0.6 is 35.7 Å². The van der Waals surface area contributed by atoms with Crippen molar-refractivity contribution in [1.29, 1.82) is 0 Å². The number of carbonyl (C=O) groups is 2. The summed E-state index contributed by atoms with van der Waals surface area (Å²) in [6.07, 6.45) is 2.33. The van der Waals surface area contributed by atoms with Gasteiger partial charge in [0.25, 0.3) is 0 Å². The molecule has 7 heteroatoms. The zero-order valence-electron chi connectivity index (χ0n) is 8.13. The van der Waals surface area contributed by atoms with Crippen LogP contribution in [0.4, 0.5) is 0 Å². The van der Waals surface area contributed by atoms with Gasteiger partial charge in [-0.2, -0.15) is 11.8 Å². The second kappa shape index (κ2) is 5.72. The molecule has 4 nitrogen and oxygen atoms in total. The molecule has 1 unspecified atom stereocenters. The van der Waals surface area contributed by atoms with E-state index in [9.17, 15) is 9.59 Å². The van der Waals surface area contributed by atoms with Gasteiger partial charge in [0.15, 0.2) is 0 Å². The molecule has 15 heavy (non-hydrogen) atoms. The van der Waals surface area contributed by atoms with E-state index in [4.69, 9.17) is 17.3 Å². The molecule has 0 saturated carbocycles. The fourth-order valence-electron chi connectivity index (χ4n) is 1.26. The van der Waals surface area contributed by atoms with Crippen molar-refractivity contribution in [3.05, 3.63) is 0 Å². The molecule has 0 aromatic carbocycles. The standard InChI is InChI=1S/C8H11NO3S3/c1-14-3-2-5(7(11)12)9-6(10)4-15-8(9)13/h5H,2-4H2,1H3,(H,11,12). The Bertz CT molecular complexity index is 279. The van der Waals surface area contributed by atoms with E-state index in [0.29, 0.717) is 16.5 Å². The number of thiocarbonyl (C=S) groups is 1. The number of amides is 1. The van der Waals surface area contributed by atoms with Gasteiger partial charge >= 0.3 is 5.97 Å². The Kier molecular flexibility index (Phi) is 4.88. The molecule has 0 aliphatic carbocycles. The van der Waals surface area contributed by atoms with E-state index in [1.54, 1.807) is 11.8 Å². The van der Waals surface area contributed by atoms with Crippen LogP contribution in [0.25, 0.3) is 0 Å². The highest BCUT2D eigenvalue weighted by Crippen LogP contribution is 2.23. The van der Waals surface area contributed by atoms with Gasteiger partial charge in [0.1, 0.15) is 10.4 Å². The van der Waals surface area contributed by atoms with Crippen LogP contribution in [0, 0.1) is 0 Å². The summed E-state index contributed by atoms with van der Waals surface area (Å²) in [5.41, 5.74) is 0. The molecule has 1 atom stereocenters. The summed E-state index contributed by atoms with van der Waals surface area (Å²) in [5.74, 6) is -0.212. The highest BCUT2D eigenvalue weighted by atomic mass is 32.2. The highest BCUT2D eigenvalue weighted by Gasteiger charge is 2.36. The molecular formula is C8H11NO3S3. The number of nitrogens with zero attached hydrogens (tertiary/aromatic N) is 1. The first-order chi connectivity index (χ1) is 7.07. The third-order valence-electron chi connectivity index (χ3n) is 1.98. The quantitative estimate of drug-likeness (QED) is 0.750. The van der Waals surface area contributed by atoms with Gasteiger partial charge in [-0.1, -0.05) is 24.0 Å². The Labute approximate surface area is 102 Å². The van der Waals surface area contributed by atoms with Crippen molar-refractivity contribution < 1.29 is 14.7 Å². The van der Waals surface area contributed by atoms with Gasteiger partial charge in [-0.25, -0.2) is 4.79 Å². The summed E-state index contributed by atoms with van der Waals surface area (Å²) >= 11 is 7.75. The van der Waals surface area contributed by atoms with E-state index >= 15 is 0 Å². The SMILES string of the molecule is CSCCC(C(=O)O)N1C(=O)CSC1=S. The second-order valence-electron chi connectivity index (χ2n) is 2.95. The van der Waals surface area contributed by atoms with Crippen LogP contribution in [-0.4, -0.2) is 50.0 Å². The van der Waals surface area contributed by atoms with Crippen LogP contribution in [0.15, 0.2) is 0 Å². The van der Waals surface area contributed by atoms with E-state index in [2.05, 4.69) is 0 Å². The molecule has 1 heterocycles. The zero-order chi connectivity index (χ0) is 11.4. The normalized spacial score (nSPS) is 18.3. The van der Waals surface area contributed by atoms with Gasteiger partial charge in [-0.05, 0) is 18.4 Å². The van der Waals surface area contributed by atoms with Gasteiger partial charge < -0.3 is 5.11 Å². The lowest BCUT2D eigenvalue weighted by molar-refractivity contribution is -0.145. The van der Waals surface area contributed by atoms with Crippen molar-refractivity contribution >= 4 is 51.9 Å². The topological polar surface area (TPSA) is 57.6 Å². The van der Waals surface area contributed by atoms with Crippen molar-refractivity contribution in [3.63, 3.8) is 0 Å². The average Bonchev–Trinajstić information content (AvgIpc) is 2.49. The molecule has 1 aliphatic rings. The molecule has 0 bridgehead atoms. The highest BCUT2D eigenvalue weighted by molar-refractivity contribution is 8.24. The molecule has 1 saturated heterocycles. The molecular weight excluding hydrogens is 254 g/mol. The minimum atomic E-state index is -0.984. The Morgan fingerprint density at radius 3 is 2.87 bits per heavy atom. The number of carboxylic acids is 1. The molecule has 1 N–H and O–H groups in total. The fraction of sp³-hybridized carbons (Fsp3) is 0.625. The molecule has 1 aliphatic heterocycles. The molecule has 1 rings (SSSR count). The Balaban J connectivity index is 2.74. The third kappa shape index (κ3) is 3.09. The van der Waals surface area contributed by atoms with E-state index in [0.717, 1.165) is 0 Å². The van der Waals surface area contributed by atoms with Crippen LogP contribution in [0.5, 0.6) is 0 Å². The van der Waals surface area contributed by atoms with Crippen LogP contribution in [0.2, 0.25) is 0 Å². The summed E-state index contributed by atoms with van der Waals surface area (Å²) in [4.78, 5) is 23.7. The number of aliphatic carboxylic acids is 1. The molecule has 0 spiro atoms. The Hall–Kier alpha value is -0.270. The zero-order valence-corrected chi connectivity index (χ0v) is 10.6. The maximum atomic E-state index is 11.4. The van der Waals surface area contributed by atoms with E-state index in [1.165, 1.54) is 16.7 Å². The smallest absolute Gasteiger partial charge is 0.326 e. The second-order valence-corrected chi connectivity index (χ2v) is 5.55. The van der Waals surface area contributed by atoms with Crippen LogP contribution in [0.3, 0.4) is 0 Å². The molecule has 1 amide bonds. The van der Waals surface area contributed by atoms with Crippen LogP contribution < -0.4 is 0 Å². The summed E-state index contributed by atoms with van der Waals surface area (Å²) in [6.45, 7) is 0. The first-order valence-corrected chi connectivity index (χ1v) is 7.07. The first kappa shape index (κ1) is 12.8. The minimum Gasteiger partial charge on any atom is -0.480 e. The number of hydrogen-bond donors (Lipinski definition) is 1. The number of carbonyl (C=O) groups excluding carboxylic acids is 1. The lowest BCUT2D eigenvalue weighted by atomic mass is 10.2. The van der Waals surface area contributed by atoms with E-state index in [1.807, 2.05) is 6.26 Å². The summed E-state index contributed by atoms with van der Waals surface area (Å²) in [5, 5.41) is 9.02. The first-order valence-electron chi connectivity index (χ1n) is 4.28. The van der Waals surface area contributed by atoms with Crippen LogP contribution in [0.1, 0.15) is 6.42 Å². The lowest BCUT2D eigenvalue weighted by Gasteiger charge is -2.22. The van der Waals surface area contributed by atoms with Gasteiger partial charge in [0, 0.05) is 0 Å². The van der Waals surface area contributed by atoms with E-state index < -0.39 is 12.0 Å².